The predicted octanol–water partition coefficient (Wildman–Crippen LogP) is 2.13. The number of rotatable bonds is 3. The first-order chi connectivity index (χ1) is 7.76. The van der Waals surface area contributed by atoms with Gasteiger partial charge in [0.05, 0.1) is 5.56 Å². The normalized spacial score (nSPS) is 10.1. The van der Waals surface area contributed by atoms with Crippen LogP contribution in [0.1, 0.15) is 12.5 Å². The van der Waals surface area contributed by atoms with Gasteiger partial charge in [0.2, 0.25) is 0 Å². The molecule has 0 aliphatic rings. The van der Waals surface area contributed by atoms with E-state index in [9.17, 15) is 0 Å². The lowest BCUT2D eigenvalue weighted by atomic mass is 10.3. The van der Waals surface area contributed by atoms with Crippen LogP contribution in [0, 0.1) is 11.3 Å². The van der Waals surface area contributed by atoms with E-state index in [1.54, 1.807) is 6.07 Å². The van der Waals surface area contributed by atoms with Crippen LogP contribution >= 0.6 is 11.3 Å². The highest BCUT2D eigenvalue weighted by Crippen LogP contribution is 2.28. The van der Waals surface area contributed by atoms with Gasteiger partial charge in [0.1, 0.15) is 10.9 Å². The lowest BCUT2D eigenvalue weighted by Gasteiger charge is -2.08. The minimum atomic E-state index is 0.404. The second-order valence-corrected chi connectivity index (χ2v) is 4.11. The van der Waals surface area contributed by atoms with E-state index in [0.717, 1.165) is 11.4 Å². The van der Waals surface area contributed by atoms with Gasteiger partial charge in [-0.05, 0) is 23.5 Å². The quantitative estimate of drug-likeness (QED) is 0.813. The van der Waals surface area contributed by atoms with E-state index in [0.29, 0.717) is 17.4 Å². The molecule has 2 heterocycles. The summed E-state index contributed by atoms with van der Waals surface area (Å²) in [6.07, 6.45) is 0. The molecule has 2 aromatic rings. The monoisotopic (exact) mass is 234 g/mol. The summed E-state index contributed by atoms with van der Waals surface area (Å²) in [5.41, 5.74) is 0.569. The summed E-state index contributed by atoms with van der Waals surface area (Å²) < 4.78 is 5.13. The minimum absolute atomic E-state index is 0.404. The van der Waals surface area contributed by atoms with E-state index < -0.39 is 0 Å². The molecule has 0 radical (unpaired) electrons. The van der Waals surface area contributed by atoms with Crippen molar-refractivity contribution in [2.24, 2.45) is 0 Å². The van der Waals surface area contributed by atoms with Crippen LogP contribution in [-0.4, -0.2) is 23.7 Å². The van der Waals surface area contributed by atoms with Crippen molar-refractivity contribution in [1.29, 1.82) is 5.26 Å². The van der Waals surface area contributed by atoms with Crippen LogP contribution in [0.25, 0.3) is 10.8 Å². The van der Waals surface area contributed by atoms with Gasteiger partial charge in [0.15, 0.2) is 0 Å². The lowest BCUT2D eigenvalue weighted by Crippen LogP contribution is -2.16. The summed E-state index contributed by atoms with van der Waals surface area (Å²) in [6, 6.07) is 3.84. The van der Waals surface area contributed by atoms with Crippen molar-refractivity contribution >= 4 is 17.3 Å². The van der Waals surface area contributed by atoms with Crippen molar-refractivity contribution in [3.8, 4) is 16.8 Å². The van der Waals surface area contributed by atoms with E-state index in [-0.39, 0.29) is 0 Å². The molecule has 0 aliphatic carbocycles. The van der Waals surface area contributed by atoms with E-state index in [1.807, 2.05) is 24.3 Å². The molecule has 0 amide bonds. The minimum Gasteiger partial charge on any atom is -0.342 e. The third kappa shape index (κ3) is 1.77. The molecule has 2 rings (SSSR count). The molecule has 0 aromatic carbocycles. The van der Waals surface area contributed by atoms with Crippen LogP contribution in [0.3, 0.4) is 0 Å². The molecular formula is C10H10N4OS. The van der Waals surface area contributed by atoms with Gasteiger partial charge in [-0.1, -0.05) is 0 Å². The van der Waals surface area contributed by atoms with Crippen LogP contribution in [0.5, 0.6) is 0 Å². The van der Waals surface area contributed by atoms with Gasteiger partial charge >= 0.3 is 0 Å². The lowest BCUT2D eigenvalue weighted by molar-refractivity contribution is 0.431. The maximum Gasteiger partial charge on any atom is 0.270 e. The van der Waals surface area contributed by atoms with Crippen LogP contribution in [0.15, 0.2) is 16.0 Å². The maximum absolute atomic E-state index is 8.89. The number of hydrogen-bond donors (Lipinski definition) is 0. The van der Waals surface area contributed by atoms with Crippen LogP contribution in [-0.2, 0) is 0 Å². The third-order valence-electron chi connectivity index (χ3n) is 2.21. The third-order valence-corrected chi connectivity index (χ3v) is 3.11. The second kappa shape index (κ2) is 4.33. The molecule has 6 heteroatoms. The van der Waals surface area contributed by atoms with Crippen molar-refractivity contribution in [3.63, 3.8) is 0 Å². The zero-order valence-corrected chi connectivity index (χ0v) is 9.78. The average Bonchev–Trinajstić information content (AvgIpc) is 2.95. The number of anilines is 1. The maximum atomic E-state index is 8.89. The second-order valence-electron chi connectivity index (χ2n) is 3.19. The van der Waals surface area contributed by atoms with Crippen molar-refractivity contribution < 1.29 is 4.52 Å². The molecular weight excluding hydrogens is 224 g/mol. The Morgan fingerprint density at radius 1 is 1.62 bits per heavy atom. The zero-order chi connectivity index (χ0) is 11.5. The molecule has 0 unspecified atom stereocenters. The van der Waals surface area contributed by atoms with Crippen molar-refractivity contribution in [2.75, 3.05) is 18.5 Å². The molecule has 0 spiro atoms. The molecule has 2 aromatic heterocycles. The summed E-state index contributed by atoms with van der Waals surface area (Å²) >= 11 is 1.42. The molecule has 0 N–H and O–H groups in total. The number of nitrogens with zero attached hydrogens (tertiary/aromatic N) is 4. The van der Waals surface area contributed by atoms with Crippen molar-refractivity contribution in [3.05, 3.63) is 17.0 Å². The molecule has 0 saturated carbocycles. The zero-order valence-electron chi connectivity index (χ0n) is 8.97. The van der Waals surface area contributed by atoms with Gasteiger partial charge in [-0.3, -0.25) is 0 Å². The average molecular weight is 234 g/mol. The van der Waals surface area contributed by atoms with Gasteiger partial charge < -0.3 is 9.42 Å². The van der Waals surface area contributed by atoms with Gasteiger partial charge in [-0.15, -0.1) is 11.3 Å². The Labute approximate surface area is 96.9 Å². The summed E-state index contributed by atoms with van der Waals surface area (Å²) in [7, 11) is 1.88. The fourth-order valence-corrected chi connectivity index (χ4v) is 1.93. The first kappa shape index (κ1) is 10.6. The molecule has 16 heavy (non-hydrogen) atoms. The first-order valence-electron chi connectivity index (χ1n) is 4.79. The highest BCUT2D eigenvalue weighted by Gasteiger charge is 2.15. The molecule has 0 saturated heterocycles. The SMILES string of the molecule is CCN(C)c1noc(-c2sccc2C#N)n1. The number of hydrogen-bond acceptors (Lipinski definition) is 6. The fourth-order valence-electron chi connectivity index (χ4n) is 1.17. The first-order valence-corrected chi connectivity index (χ1v) is 5.67. The Balaban J connectivity index is 2.36. The molecule has 0 atom stereocenters. The Morgan fingerprint density at radius 3 is 3.12 bits per heavy atom. The molecule has 5 nitrogen and oxygen atoms in total. The molecule has 0 bridgehead atoms. The van der Waals surface area contributed by atoms with Gasteiger partial charge in [-0.2, -0.15) is 10.2 Å². The van der Waals surface area contributed by atoms with Gasteiger partial charge in [0.25, 0.3) is 11.8 Å². The number of aromatic nitrogens is 2. The Hall–Kier alpha value is -1.87. The Morgan fingerprint density at radius 2 is 2.44 bits per heavy atom. The number of thiophene rings is 1. The summed E-state index contributed by atoms with van der Waals surface area (Å²) in [6.45, 7) is 2.80. The van der Waals surface area contributed by atoms with Crippen LogP contribution in [0.4, 0.5) is 5.95 Å². The highest BCUT2D eigenvalue weighted by atomic mass is 32.1. The number of nitriles is 1. The highest BCUT2D eigenvalue weighted by molar-refractivity contribution is 7.13. The molecule has 0 fully saturated rings. The van der Waals surface area contributed by atoms with Crippen LogP contribution in [0.2, 0.25) is 0 Å². The summed E-state index contributed by atoms with van der Waals surface area (Å²) in [5.74, 6) is 0.941. The summed E-state index contributed by atoms with van der Waals surface area (Å²) in [4.78, 5) is 6.83. The van der Waals surface area contributed by atoms with E-state index in [2.05, 4.69) is 16.2 Å². The smallest absolute Gasteiger partial charge is 0.270 e. The molecule has 82 valence electrons. The summed E-state index contributed by atoms with van der Waals surface area (Å²) in [5, 5.41) is 14.6. The standard InChI is InChI=1S/C10H10N4OS/c1-3-14(2)10-12-9(15-13-10)8-7(6-11)4-5-16-8/h4-5H,3H2,1-2H3. The largest absolute Gasteiger partial charge is 0.342 e. The Bertz CT molecular complexity index is 525. The van der Waals surface area contributed by atoms with Gasteiger partial charge in [-0.25, -0.2) is 0 Å². The Kier molecular flexibility index (Phi) is 2.88. The van der Waals surface area contributed by atoms with Crippen molar-refractivity contribution in [2.45, 2.75) is 6.92 Å². The van der Waals surface area contributed by atoms with E-state index in [1.165, 1.54) is 11.3 Å². The fraction of sp³-hybridized carbons (Fsp3) is 0.300. The van der Waals surface area contributed by atoms with Gasteiger partial charge in [0, 0.05) is 13.6 Å². The topological polar surface area (TPSA) is 66.0 Å². The predicted molar refractivity (Wildman–Crippen MR) is 61.3 cm³/mol. The molecule has 0 aliphatic heterocycles. The van der Waals surface area contributed by atoms with Crippen LogP contribution < -0.4 is 4.90 Å². The van der Waals surface area contributed by atoms with E-state index in [4.69, 9.17) is 9.78 Å². The van der Waals surface area contributed by atoms with Crippen molar-refractivity contribution in [1.82, 2.24) is 10.1 Å². The van der Waals surface area contributed by atoms with E-state index >= 15 is 0 Å².